The Balaban J connectivity index is 1.41. The van der Waals surface area contributed by atoms with Crippen LogP contribution in [-0.2, 0) is 14.4 Å². The molecular formula is C23H31N3O3. The first kappa shape index (κ1) is 19.9. The van der Waals surface area contributed by atoms with Gasteiger partial charge in [0.05, 0.1) is 5.41 Å². The van der Waals surface area contributed by atoms with Gasteiger partial charge in [0.15, 0.2) is 0 Å². The van der Waals surface area contributed by atoms with E-state index in [4.69, 9.17) is 0 Å². The van der Waals surface area contributed by atoms with Gasteiger partial charge in [-0.1, -0.05) is 20.8 Å². The van der Waals surface area contributed by atoms with Gasteiger partial charge >= 0.3 is 0 Å². The van der Waals surface area contributed by atoms with E-state index in [0.29, 0.717) is 18.5 Å². The zero-order valence-corrected chi connectivity index (χ0v) is 17.7. The summed E-state index contributed by atoms with van der Waals surface area (Å²) in [5.74, 6) is -0.940. The molecule has 0 spiro atoms. The van der Waals surface area contributed by atoms with E-state index in [-0.39, 0.29) is 35.6 Å². The fourth-order valence-corrected chi connectivity index (χ4v) is 5.30. The predicted octanol–water partition coefficient (Wildman–Crippen LogP) is 3.43. The quantitative estimate of drug-likeness (QED) is 0.791. The summed E-state index contributed by atoms with van der Waals surface area (Å²) >= 11 is 0. The molecule has 1 aromatic carbocycles. The Bertz CT molecular complexity index is 826. The van der Waals surface area contributed by atoms with Crippen molar-refractivity contribution in [2.24, 2.45) is 16.7 Å². The van der Waals surface area contributed by atoms with Crippen LogP contribution in [0.25, 0.3) is 0 Å². The Labute approximate surface area is 172 Å². The summed E-state index contributed by atoms with van der Waals surface area (Å²) in [6.45, 7) is 7.87. The predicted molar refractivity (Wildman–Crippen MR) is 112 cm³/mol. The number of hydrogen-bond donors (Lipinski definition) is 1. The van der Waals surface area contributed by atoms with Crippen LogP contribution >= 0.6 is 0 Å². The van der Waals surface area contributed by atoms with E-state index in [0.717, 1.165) is 18.8 Å². The standard InChI is InChI=1S/C23H31N3O3/c1-22(2)18-11-12-23(22,3)21(29)26(20(18)28)15-19(27)24-16-7-9-17(10-8-16)25-13-5-4-6-14-25/h7-10,18H,4-6,11-15H2,1-3H3,(H,24,27). The molecule has 2 unspecified atom stereocenters. The zero-order chi connectivity index (χ0) is 20.8. The number of likely N-dealkylation sites (tertiary alicyclic amines) is 1. The normalized spacial score (nSPS) is 28.6. The van der Waals surface area contributed by atoms with Crippen LogP contribution in [0.5, 0.6) is 0 Å². The van der Waals surface area contributed by atoms with Gasteiger partial charge in [0.1, 0.15) is 6.54 Å². The third-order valence-electron chi connectivity index (χ3n) is 7.68. The first-order valence-electron chi connectivity index (χ1n) is 10.7. The number of fused-ring (bicyclic) bond motifs is 2. The highest BCUT2D eigenvalue weighted by Gasteiger charge is 2.64. The Hall–Kier alpha value is -2.37. The van der Waals surface area contributed by atoms with Gasteiger partial charge in [-0.2, -0.15) is 0 Å². The summed E-state index contributed by atoms with van der Waals surface area (Å²) in [4.78, 5) is 42.1. The van der Waals surface area contributed by atoms with Gasteiger partial charge in [0, 0.05) is 30.4 Å². The average molecular weight is 398 g/mol. The number of piperidine rings is 2. The molecule has 1 aromatic rings. The summed E-state index contributed by atoms with van der Waals surface area (Å²) < 4.78 is 0. The van der Waals surface area contributed by atoms with Gasteiger partial charge in [-0.25, -0.2) is 0 Å². The highest BCUT2D eigenvalue weighted by Crippen LogP contribution is 2.59. The lowest BCUT2D eigenvalue weighted by molar-refractivity contribution is -0.168. The van der Waals surface area contributed by atoms with Crippen molar-refractivity contribution < 1.29 is 14.4 Å². The topological polar surface area (TPSA) is 69.7 Å². The molecule has 3 fully saturated rings. The van der Waals surface area contributed by atoms with Crippen LogP contribution < -0.4 is 10.2 Å². The molecular weight excluding hydrogens is 366 g/mol. The third kappa shape index (κ3) is 3.22. The number of anilines is 2. The molecule has 3 amide bonds. The Kier molecular flexibility index (Phi) is 4.91. The van der Waals surface area contributed by atoms with Crippen LogP contribution in [0.3, 0.4) is 0 Å². The largest absolute Gasteiger partial charge is 0.372 e. The summed E-state index contributed by atoms with van der Waals surface area (Å²) in [7, 11) is 0. The molecule has 2 saturated heterocycles. The monoisotopic (exact) mass is 397 g/mol. The fourth-order valence-electron chi connectivity index (χ4n) is 5.30. The van der Waals surface area contributed by atoms with Gasteiger partial charge in [-0.05, 0) is 61.8 Å². The molecule has 0 aromatic heterocycles. The third-order valence-corrected chi connectivity index (χ3v) is 7.68. The van der Waals surface area contributed by atoms with Crippen molar-refractivity contribution in [3.05, 3.63) is 24.3 Å². The molecule has 0 radical (unpaired) electrons. The number of hydrogen-bond acceptors (Lipinski definition) is 4. The van der Waals surface area contributed by atoms with Gasteiger partial charge in [-0.3, -0.25) is 19.3 Å². The van der Waals surface area contributed by atoms with Crippen molar-refractivity contribution in [2.75, 3.05) is 29.9 Å². The number of carbonyl (C=O) groups excluding carboxylic acids is 3. The number of amides is 3. The first-order chi connectivity index (χ1) is 13.7. The van der Waals surface area contributed by atoms with E-state index in [1.54, 1.807) is 0 Å². The number of nitrogens with one attached hydrogen (secondary N) is 1. The van der Waals surface area contributed by atoms with E-state index >= 15 is 0 Å². The van der Waals surface area contributed by atoms with Crippen molar-refractivity contribution in [1.82, 2.24) is 4.90 Å². The maximum absolute atomic E-state index is 13.1. The van der Waals surface area contributed by atoms with Crippen LogP contribution in [0.1, 0.15) is 52.9 Å². The van der Waals surface area contributed by atoms with E-state index in [9.17, 15) is 14.4 Å². The van der Waals surface area contributed by atoms with Gasteiger partial charge in [0.2, 0.25) is 17.7 Å². The molecule has 156 valence electrons. The Morgan fingerprint density at radius 1 is 1.07 bits per heavy atom. The molecule has 2 atom stereocenters. The van der Waals surface area contributed by atoms with E-state index < -0.39 is 5.41 Å². The molecule has 6 nitrogen and oxygen atoms in total. The molecule has 3 aliphatic rings. The zero-order valence-electron chi connectivity index (χ0n) is 17.7. The number of nitrogens with zero attached hydrogens (tertiary/aromatic N) is 2. The summed E-state index contributed by atoms with van der Waals surface area (Å²) in [5, 5.41) is 2.84. The summed E-state index contributed by atoms with van der Waals surface area (Å²) in [6, 6.07) is 7.80. The minimum Gasteiger partial charge on any atom is -0.372 e. The molecule has 1 saturated carbocycles. The number of imide groups is 1. The second-order valence-corrected chi connectivity index (χ2v) is 9.52. The lowest BCUT2D eigenvalue weighted by atomic mass is 9.62. The van der Waals surface area contributed by atoms with E-state index in [1.807, 2.05) is 45.0 Å². The number of carbonyl (C=O) groups is 3. The van der Waals surface area contributed by atoms with Crippen molar-refractivity contribution >= 4 is 29.1 Å². The molecule has 6 heteroatoms. The molecule has 29 heavy (non-hydrogen) atoms. The van der Waals surface area contributed by atoms with Gasteiger partial charge in [0.25, 0.3) is 0 Å². The average Bonchev–Trinajstić information content (AvgIpc) is 2.90. The summed E-state index contributed by atoms with van der Waals surface area (Å²) in [5.41, 5.74) is 0.901. The minimum absolute atomic E-state index is 0.193. The fraction of sp³-hybridized carbons (Fsp3) is 0.609. The highest BCUT2D eigenvalue weighted by atomic mass is 16.2. The molecule has 2 heterocycles. The van der Waals surface area contributed by atoms with Crippen molar-refractivity contribution in [2.45, 2.75) is 52.9 Å². The lowest BCUT2D eigenvalue weighted by Crippen LogP contribution is -2.60. The number of benzene rings is 1. The van der Waals surface area contributed by atoms with Crippen molar-refractivity contribution in [3.63, 3.8) is 0 Å². The highest BCUT2D eigenvalue weighted by molar-refractivity contribution is 6.07. The van der Waals surface area contributed by atoms with E-state index in [1.165, 1.54) is 24.2 Å². The smallest absolute Gasteiger partial charge is 0.244 e. The maximum atomic E-state index is 13.1. The van der Waals surface area contributed by atoms with Crippen molar-refractivity contribution in [1.29, 1.82) is 0 Å². The molecule has 1 N–H and O–H groups in total. The summed E-state index contributed by atoms with van der Waals surface area (Å²) in [6.07, 6.45) is 5.13. The van der Waals surface area contributed by atoms with Crippen LogP contribution in [-0.4, -0.2) is 42.3 Å². The Morgan fingerprint density at radius 3 is 2.38 bits per heavy atom. The van der Waals surface area contributed by atoms with Crippen LogP contribution in [0.2, 0.25) is 0 Å². The van der Waals surface area contributed by atoms with Gasteiger partial charge in [-0.15, -0.1) is 0 Å². The van der Waals surface area contributed by atoms with Crippen LogP contribution in [0, 0.1) is 16.7 Å². The molecule has 1 aliphatic carbocycles. The van der Waals surface area contributed by atoms with Gasteiger partial charge < -0.3 is 10.2 Å². The lowest BCUT2D eigenvalue weighted by Gasteiger charge is -2.47. The van der Waals surface area contributed by atoms with Crippen LogP contribution in [0.15, 0.2) is 24.3 Å². The van der Waals surface area contributed by atoms with E-state index in [2.05, 4.69) is 10.2 Å². The SMILES string of the molecule is CC12CCC(C(=O)N(CC(=O)Nc3ccc(N4CCCCC4)cc3)C1=O)C2(C)C. The maximum Gasteiger partial charge on any atom is 0.244 e. The first-order valence-corrected chi connectivity index (χ1v) is 10.7. The molecule has 2 aliphatic heterocycles. The second kappa shape index (κ2) is 7.15. The Morgan fingerprint density at radius 2 is 1.72 bits per heavy atom. The minimum atomic E-state index is -0.581. The van der Waals surface area contributed by atoms with Crippen LogP contribution in [0.4, 0.5) is 11.4 Å². The van der Waals surface area contributed by atoms with Crippen molar-refractivity contribution in [3.8, 4) is 0 Å². The molecule has 2 bridgehead atoms. The molecule has 4 rings (SSSR count). The number of rotatable bonds is 4. The second-order valence-electron chi connectivity index (χ2n) is 9.52.